The maximum absolute atomic E-state index is 6.74. The van der Waals surface area contributed by atoms with Crippen molar-refractivity contribution in [1.29, 1.82) is 0 Å². The van der Waals surface area contributed by atoms with E-state index in [2.05, 4.69) is 61.5 Å². The normalized spacial score (nSPS) is 11.5. The Bertz CT molecular complexity index is 1730. The summed E-state index contributed by atoms with van der Waals surface area (Å²) in [6, 6.07) is 36.9. The van der Waals surface area contributed by atoms with Gasteiger partial charge in [-0.05, 0) is 54.8 Å². The van der Waals surface area contributed by atoms with Crippen LogP contribution in [0, 0.1) is 13.8 Å². The van der Waals surface area contributed by atoms with Gasteiger partial charge in [-0.15, -0.1) is 0 Å². The molecular weight excluding hydrogens is 491 g/mol. The van der Waals surface area contributed by atoms with Crippen LogP contribution in [0.4, 0.5) is 0 Å². The minimum Gasteiger partial charge on any atom is -0.493 e. The zero-order valence-corrected chi connectivity index (χ0v) is 22.4. The summed E-state index contributed by atoms with van der Waals surface area (Å²) in [5, 5.41) is 1.88. The van der Waals surface area contributed by atoms with E-state index in [1.165, 1.54) is 0 Å². The highest BCUT2D eigenvalue weighted by Crippen LogP contribution is 2.46. The maximum atomic E-state index is 6.74. The molecule has 0 N–H and O–H groups in total. The number of aryl methyl sites for hydroxylation is 2. The lowest BCUT2D eigenvalue weighted by atomic mass is 9.97. The minimum absolute atomic E-state index is 0.618. The molecule has 5 aromatic carbocycles. The van der Waals surface area contributed by atoms with Gasteiger partial charge in [-0.3, -0.25) is 0 Å². The molecule has 0 aliphatic rings. The predicted molar refractivity (Wildman–Crippen MR) is 156 cm³/mol. The molecule has 0 radical (unpaired) electrons. The second kappa shape index (κ2) is 10.2. The summed E-state index contributed by atoms with van der Waals surface area (Å²) >= 11 is 0. The SMILES string of the molecule is COc1cc(C)cc2c1op(Oc1c(-c3ccccc3)cccc1-c1ccccc1)oc1ccc(C)cc12. The number of benzene rings is 5. The van der Waals surface area contributed by atoms with Crippen molar-refractivity contribution in [1.82, 2.24) is 0 Å². The summed E-state index contributed by atoms with van der Waals surface area (Å²) in [5.74, 6) is 1.35. The van der Waals surface area contributed by atoms with Crippen LogP contribution in [0.25, 0.3) is 44.2 Å². The topological polar surface area (TPSA) is 44.7 Å². The van der Waals surface area contributed by atoms with Crippen molar-refractivity contribution >= 4 is 30.2 Å². The smallest absolute Gasteiger partial charge is 0.453 e. The van der Waals surface area contributed by atoms with Crippen LogP contribution in [0.5, 0.6) is 11.5 Å². The Kier molecular flexibility index (Phi) is 6.41. The van der Waals surface area contributed by atoms with E-state index < -0.39 is 8.24 Å². The van der Waals surface area contributed by atoms with Gasteiger partial charge in [0.15, 0.2) is 17.1 Å². The first-order valence-corrected chi connectivity index (χ1v) is 13.6. The van der Waals surface area contributed by atoms with E-state index in [0.717, 1.165) is 44.2 Å². The Morgan fingerprint density at radius 1 is 0.605 bits per heavy atom. The number of rotatable bonds is 5. The third kappa shape index (κ3) is 4.55. The molecule has 4 nitrogen and oxygen atoms in total. The highest BCUT2D eigenvalue weighted by molar-refractivity contribution is 7.32. The van der Waals surface area contributed by atoms with Gasteiger partial charge in [-0.2, -0.15) is 0 Å². The highest BCUT2D eigenvalue weighted by atomic mass is 31.1. The fourth-order valence-electron chi connectivity index (χ4n) is 4.73. The fourth-order valence-corrected chi connectivity index (χ4v) is 5.85. The zero-order valence-electron chi connectivity index (χ0n) is 21.5. The first-order valence-electron chi connectivity index (χ1n) is 12.5. The third-order valence-electron chi connectivity index (χ3n) is 6.53. The summed E-state index contributed by atoms with van der Waals surface area (Å²) in [7, 11) is -0.227. The van der Waals surface area contributed by atoms with Crippen LogP contribution in [0.1, 0.15) is 11.1 Å². The van der Waals surface area contributed by atoms with Gasteiger partial charge in [0.2, 0.25) is 0 Å². The van der Waals surface area contributed by atoms with Crippen LogP contribution in [0.15, 0.2) is 118 Å². The lowest BCUT2D eigenvalue weighted by Gasteiger charge is -2.14. The molecule has 1 atom stereocenters. The molecule has 6 aromatic rings. The van der Waals surface area contributed by atoms with Crippen LogP contribution in [0.3, 0.4) is 0 Å². The van der Waals surface area contributed by atoms with Crippen LogP contribution < -0.4 is 9.26 Å². The highest BCUT2D eigenvalue weighted by Gasteiger charge is 2.18. The first-order chi connectivity index (χ1) is 18.6. The lowest BCUT2D eigenvalue weighted by molar-refractivity contribution is 0.410. The second-order valence-electron chi connectivity index (χ2n) is 9.26. The molecule has 0 spiro atoms. The summed E-state index contributed by atoms with van der Waals surface area (Å²) in [4.78, 5) is 0. The molecule has 188 valence electrons. The third-order valence-corrected chi connectivity index (χ3v) is 7.54. The molecule has 1 unspecified atom stereocenters. The van der Waals surface area contributed by atoms with Crippen molar-refractivity contribution in [3.05, 3.63) is 120 Å². The fraction of sp³-hybridized carbons (Fsp3) is 0.0909. The van der Waals surface area contributed by atoms with Gasteiger partial charge in [0.25, 0.3) is 0 Å². The summed E-state index contributed by atoms with van der Waals surface area (Å²) < 4.78 is 25.5. The van der Waals surface area contributed by atoms with E-state index in [0.29, 0.717) is 22.7 Å². The average Bonchev–Trinajstić information content (AvgIpc) is 3.10. The van der Waals surface area contributed by atoms with Gasteiger partial charge in [0.1, 0.15) is 5.58 Å². The number of para-hydroxylation sites is 1. The largest absolute Gasteiger partial charge is 0.493 e. The molecular formula is C33H27O4P. The van der Waals surface area contributed by atoms with E-state index in [-0.39, 0.29) is 0 Å². The van der Waals surface area contributed by atoms with Gasteiger partial charge in [0, 0.05) is 21.9 Å². The molecule has 6 rings (SSSR count). The van der Waals surface area contributed by atoms with Crippen molar-refractivity contribution < 1.29 is 17.7 Å². The predicted octanol–water partition coefficient (Wildman–Crippen LogP) is 10.1. The van der Waals surface area contributed by atoms with Crippen molar-refractivity contribution in [3.8, 4) is 33.8 Å². The molecule has 0 aliphatic carbocycles. The second-order valence-corrected chi connectivity index (χ2v) is 10.3. The summed E-state index contributed by atoms with van der Waals surface area (Å²) in [6.45, 7) is 4.12. The van der Waals surface area contributed by atoms with Crippen molar-refractivity contribution in [2.45, 2.75) is 13.8 Å². The lowest BCUT2D eigenvalue weighted by Crippen LogP contribution is -1.90. The Balaban J connectivity index is 1.65. The number of hydrogen-bond donors (Lipinski definition) is 0. The summed E-state index contributed by atoms with van der Waals surface area (Å²) in [6.07, 6.45) is 0. The summed E-state index contributed by atoms with van der Waals surface area (Å²) in [5.41, 5.74) is 7.57. The van der Waals surface area contributed by atoms with E-state index in [9.17, 15) is 0 Å². The molecule has 5 heteroatoms. The van der Waals surface area contributed by atoms with E-state index in [1.54, 1.807) is 7.11 Å². The Morgan fingerprint density at radius 3 is 1.87 bits per heavy atom. The molecule has 0 bridgehead atoms. The average molecular weight is 519 g/mol. The molecule has 38 heavy (non-hydrogen) atoms. The number of fused-ring (bicyclic) bond motifs is 3. The van der Waals surface area contributed by atoms with Crippen molar-refractivity contribution in [2.24, 2.45) is 0 Å². The monoisotopic (exact) mass is 518 g/mol. The minimum atomic E-state index is -1.88. The quantitative estimate of drug-likeness (QED) is 0.228. The molecule has 0 saturated heterocycles. The Morgan fingerprint density at radius 2 is 1.24 bits per heavy atom. The number of hydrogen-bond acceptors (Lipinski definition) is 4. The van der Waals surface area contributed by atoms with Crippen LogP contribution >= 0.6 is 8.24 Å². The van der Waals surface area contributed by atoms with Gasteiger partial charge >= 0.3 is 8.24 Å². The van der Waals surface area contributed by atoms with E-state index >= 15 is 0 Å². The Hall–Kier alpha value is -4.40. The van der Waals surface area contributed by atoms with Crippen molar-refractivity contribution in [3.63, 3.8) is 0 Å². The molecule has 0 amide bonds. The standard InChI is InChI=1S/C33H27O4P/c1-22-17-18-30-28(19-22)29-20-23(2)21-31(34-3)33(29)37-38(35-30)36-32-26(24-11-6-4-7-12-24)15-10-16-27(32)25-13-8-5-9-14-25/h4-21H,1-3H3. The molecule has 0 saturated carbocycles. The van der Waals surface area contributed by atoms with E-state index in [4.69, 9.17) is 17.7 Å². The van der Waals surface area contributed by atoms with Crippen LogP contribution in [-0.4, -0.2) is 7.11 Å². The van der Waals surface area contributed by atoms with Crippen LogP contribution in [-0.2, 0) is 0 Å². The molecule has 0 aliphatic heterocycles. The zero-order chi connectivity index (χ0) is 26.1. The van der Waals surface area contributed by atoms with E-state index in [1.807, 2.05) is 61.5 Å². The molecule has 1 aromatic heterocycles. The van der Waals surface area contributed by atoms with Gasteiger partial charge in [-0.1, -0.05) is 90.5 Å². The van der Waals surface area contributed by atoms with Crippen molar-refractivity contribution in [2.75, 3.05) is 7.11 Å². The molecule has 0 fully saturated rings. The number of ether oxygens (including phenoxy) is 1. The Labute approximate surface area is 222 Å². The maximum Gasteiger partial charge on any atom is 0.453 e. The van der Waals surface area contributed by atoms with Gasteiger partial charge in [0.05, 0.1) is 7.11 Å². The molecule has 1 heterocycles. The number of methoxy groups -OCH3 is 1. The van der Waals surface area contributed by atoms with Gasteiger partial charge < -0.3 is 17.7 Å². The first kappa shape index (κ1) is 24.0. The van der Waals surface area contributed by atoms with Gasteiger partial charge in [-0.25, -0.2) is 0 Å². The van der Waals surface area contributed by atoms with Crippen LogP contribution in [0.2, 0.25) is 0 Å².